The molecule has 0 bridgehead atoms. The third-order valence-electron chi connectivity index (χ3n) is 3.61. The molecule has 0 unspecified atom stereocenters. The Morgan fingerprint density at radius 1 is 1.24 bits per heavy atom. The van der Waals surface area contributed by atoms with Gasteiger partial charge in [-0.25, -0.2) is 9.78 Å². The third kappa shape index (κ3) is 4.10. The molecule has 2 aromatic carbocycles. The van der Waals surface area contributed by atoms with Crippen molar-refractivity contribution in [3.8, 4) is 11.3 Å². The van der Waals surface area contributed by atoms with Gasteiger partial charge in [0.2, 0.25) is 5.13 Å². The summed E-state index contributed by atoms with van der Waals surface area (Å²) < 4.78 is 4.78. The van der Waals surface area contributed by atoms with E-state index in [9.17, 15) is 4.79 Å². The maximum absolute atomic E-state index is 11.7. The van der Waals surface area contributed by atoms with Crippen molar-refractivity contribution in [2.24, 2.45) is 5.10 Å². The van der Waals surface area contributed by atoms with E-state index in [1.165, 1.54) is 18.4 Å². The average Bonchev–Trinajstić information content (AvgIpc) is 3.12. The van der Waals surface area contributed by atoms with Crippen molar-refractivity contribution in [1.82, 2.24) is 4.98 Å². The molecule has 0 atom stereocenters. The summed E-state index contributed by atoms with van der Waals surface area (Å²) in [5, 5.41) is 6.88. The Kier molecular flexibility index (Phi) is 5.20. The number of hydrogen-bond acceptors (Lipinski definition) is 6. The van der Waals surface area contributed by atoms with Gasteiger partial charge in [0, 0.05) is 10.9 Å². The maximum Gasteiger partial charge on any atom is 0.338 e. The van der Waals surface area contributed by atoms with Crippen LogP contribution >= 0.6 is 11.3 Å². The van der Waals surface area contributed by atoms with Gasteiger partial charge in [0.05, 0.1) is 24.6 Å². The predicted octanol–water partition coefficient (Wildman–Crippen LogP) is 4.35. The number of benzene rings is 2. The van der Waals surface area contributed by atoms with Gasteiger partial charge in [-0.2, -0.15) is 5.10 Å². The zero-order valence-electron chi connectivity index (χ0n) is 13.9. The number of carbonyl (C=O) groups is 1. The van der Waals surface area contributed by atoms with Crippen LogP contribution in [0.3, 0.4) is 0 Å². The number of methoxy groups -OCH3 is 1. The van der Waals surface area contributed by atoms with Crippen molar-refractivity contribution < 1.29 is 9.53 Å². The van der Waals surface area contributed by atoms with Gasteiger partial charge in [-0.3, -0.25) is 5.43 Å². The van der Waals surface area contributed by atoms with E-state index in [0.29, 0.717) is 10.7 Å². The lowest BCUT2D eigenvalue weighted by molar-refractivity contribution is 0.0600. The molecule has 6 heteroatoms. The van der Waals surface area contributed by atoms with Crippen LogP contribution < -0.4 is 5.43 Å². The van der Waals surface area contributed by atoms with Gasteiger partial charge in [0.25, 0.3) is 0 Å². The minimum atomic E-state index is -0.354. The number of hydrazone groups is 1. The van der Waals surface area contributed by atoms with E-state index in [1.807, 2.05) is 54.8 Å². The number of esters is 1. The number of thiazole rings is 1. The number of aryl methyl sites for hydroxylation is 1. The molecule has 0 amide bonds. The molecule has 1 N–H and O–H groups in total. The Balaban J connectivity index is 1.70. The molecule has 0 aliphatic carbocycles. The van der Waals surface area contributed by atoms with Gasteiger partial charge in [0.1, 0.15) is 0 Å². The number of nitrogens with one attached hydrogen (secondary N) is 1. The van der Waals surface area contributed by atoms with Gasteiger partial charge < -0.3 is 4.74 Å². The Hall–Kier alpha value is -2.99. The lowest BCUT2D eigenvalue weighted by atomic mass is 10.1. The minimum Gasteiger partial charge on any atom is -0.465 e. The fourth-order valence-electron chi connectivity index (χ4n) is 2.28. The average molecular weight is 351 g/mol. The molecule has 3 rings (SSSR count). The molecule has 126 valence electrons. The number of hydrogen-bond donors (Lipinski definition) is 1. The number of rotatable bonds is 5. The van der Waals surface area contributed by atoms with Crippen molar-refractivity contribution >= 4 is 28.7 Å². The van der Waals surface area contributed by atoms with Gasteiger partial charge in [-0.1, -0.05) is 42.5 Å². The smallest absolute Gasteiger partial charge is 0.338 e. The monoisotopic (exact) mass is 351 g/mol. The van der Waals surface area contributed by atoms with Crippen LogP contribution in [0.25, 0.3) is 11.3 Å². The van der Waals surface area contributed by atoms with Crippen LogP contribution in [0, 0.1) is 6.92 Å². The van der Waals surface area contributed by atoms with E-state index in [1.54, 1.807) is 12.3 Å². The highest BCUT2D eigenvalue weighted by atomic mass is 32.1. The summed E-state index contributed by atoms with van der Waals surface area (Å²) in [6.45, 7) is 1.87. The number of carbonyl (C=O) groups excluding carboxylic acids is 1. The van der Waals surface area contributed by atoms with Crippen molar-refractivity contribution in [2.75, 3.05) is 12.5 Å². The zero-order chi connectivity index (χ0) is 17.6. The van der Waals surface area contributed by atoms with Crippen molar-refractivity contribution in [3.63, 3.8) is 0 Å². The van der Waals surface area contributed by atoms with Crippen LogP contribution in [0.4, 0.5) is 5.13 Å². The Bertz CT molecular complexity index is 904. The predicted molar refractivity (Wildman–Crippen MR) is 101 cm³/mol. The number of ether oxygens (including phenoxy) is 1. The highest BCUT2D eigenvalue weighted by Crippen LogP contribution is 2.24. The quantitative estimate of drug-likeness (QED) is 0.422. The van der Waals surface area contributed by atoms with Gasteiger partial charge >= 0.3 is 5.97 Å². The van der Waals surface area contributed by atoms with E-state index in [2.05, 4.69) is 15.5 Å². The molecule has 5 nitrogen and oxygen atoms in total. The van der Waals surface area contributed by atoms with Crippen LogP contribution in [-0.2, 0) is 4.74 Å². The van der Waals surface area contributed by atoms with E-state index in [0.717, 1.165) is 22.4 Å². The Morgan fingerprint density at radius 2 is 2.04 bits per heavy atom. The molecule has 0 aliphatic heterocycles. The SMILES string of the molecule is COC(=O)c1cc(C=NNc2nc(-c3ccccc3)cs2)ccc1C. The molecule has 0 fully saturated rings. The summed E-state index contributed by atoms with van der Waals surface area (Å²) >= 11 is 1.48. The van der Waals surface area contributed by atoms with Crippen molar-refractivity contribution in [1.29, 1.82) is 0 Å². The van der Waals surface area contributed by atoms with E-state index in [-0.39, 0.29) is 5.97 Å². The standard InChI is InChI=1S/C19H17N3O2S/c1-13-8-9-14(10-16(13)18(23)24-2)11-20-22-19-21-17(12-25-19)15-6-4-3-5-7-15/h3-12H,1-2H3,(H,21,22). The first kappa shape index (κ1) is 16.9. The van der Waals surface area contributed by atoms with Gasteiger partial charge in [-0.15, -0.1) is 11.3 Å². The van der Waals surface area contributed by atoms with E-state index < -0.39 is 0 Å². The molecule has 3 aromatic rings. The number of anilines is 1. The van der Waals surface area contributed by atoms with Crippen LogP contribution in [-0.4, -0.2) is 24.3 Å². The Labute approximate surface area is 150 Å². The normalized spacial score (nSPS) is 10.8. The van der Waals surface area contributed by atoms with Crippen LogP contribution in [0.2, 0.25) is 0 Å². The zero-order valence-corrected chi connectivity index (χ0v) is 14.7. The lowest BCUT2D eigenvalue weighted by Gasteiger charge is -2.04. The molecule has 1 aromatic heterocycles. The molecular formula is C19H17N3O2S. The highest BCUT2D eigenvalue weighted by Gasteiger charge is 2.09. The molecule has 0 radical (unpaired) electrons. The lowest BCUT2D eigenvalue weighted by Crippen LogP contribution is -2.04. The molecule has 0 saturated heterocycles. The second-order valence-corrected chi connectivity index (χ2v) is 6.20. The second kappa shape index (κ2) is 7.72. The molecule has 0 aliphatic rings. The highest BCUT2D eigenvalue weighted by molar-refractivity contribution is 7.14. The van der Waals surface area contributed by atoms with Gasteiger partial charge in [-0.05, 0) is 24.1 Å². The molecular weight excluding hydrogens is 334 g/mol. The minimum absolute atomic E-state index is 0.354. The first-order valence-corrected chi connectivity index (χ1v) is 8.54. The van der Waals surface area contributed by atoms with Gasteiger partial charge in [0.15, 0.2) is 0 Å². The summed E-state index contributed by atoms with van der Waals surface area (Å²) in [5.74, 6) is -0.354. The topological polar surface area (TPSA) is 63.6 Å². The van der Waals surface area contributed by atoms with Crippen LogP contribution in [0.5, 0.6) is 0 Å². The largest absolute Gasteiger partial charge is 0.465 e. The fraction of sp³-hybridized carbons (Fsp3) is 0.105. The summed E-state index contributed by atoms with van der Waals surface area (Å²) in [7, 11) is 1.37. The summed E-state index contributed by atoms with van der Waals surface area (Å²) in [4.78, 5) is 16.2. The third-order valence-corrected chi connectivity index (χ3v) is 4.36. The van der Waals surface area contributed by atoms with Crippen LogP contribution in [0.1, 0.15) is 21.5 Å². The Morgan fingerprint density at radius 3 is 2.80 bits per heavy atom. The summed E-state index contributed by atoms with van der Waals surface area (Å²) in [5.41, 5.74) is 7.10. The summed E-state index contributed by atoms with van der Waals surface area (Å²) in [6.07, 6.45) is 1.65. The number of aromatic nitrogens is 1. The molecule has 1 heterocycles. The molecule has 0 spiro atoms. The van der Waals surface area contributed by atoms with Crippen LogP contribution in [0.15, 0.2) is 59.0 Å². The first-order valence-electron chi connectivity index (χ1n) is 7.66. The molecule has 0 saturated carbocycles. The number of nitrogens with zero attached hydrogens (tertiary/aromatic N) is 2. The van der Waals surface area contributed by atoms with Crippen molar-refractivity contribution in [2.45, 2.75) is 6.92 Å². The van der Waals surface area contributed by atoms with E-state index >= 15 is 0 Å². The first-order chi connectivity index (χ1) is 12.2. The summed E-state index contributed by atoms with van der Waals surface area (Å²) in [6, 6.07) is 15.5. The fourth-order valence-corrected chi connectivity index (χ4v) is 2.95. The maximum atomic E-state index is 11.7. The van der Waals surface area contributed by atoms with Crippen molar-refractivity contribution in [3.05, 3.63) is 70.6 Å². The second-order valence-electron chi connectivity index (χ2n) is 5.34. The molecule has 25 heavy (non-hydrogen) atoms. The van der Waals surface area contributed by atoms with E-state index in [4.69, 9.17) is 4.74 Å².